The second kappa shape index (κ2) is 10.9. The van der Waals surface area contributed by atoms with Crippen molar-refractivity contribution in [3.63, 3.8) is 0 Å². The monoisotopic (exact) mass is 513 g/mol. The van der Waals surface area contributed by atoms with Crippen molar-refractivity contribution in [1.82, 2.24) is 20.3 Å². The molecule has 0 spiro atoms. The first-order valence-electron chi connectivity index (χ1n) is 11.7. The van der Waals surface area contributed by atoms with E-state index in [2.05, 4.69) is 26.3 Å². The van der Waals surface area contributed by atoms with E-state index in [1.807, 2.05) is 61.8 Å². The fourth-order valence-corrected chi connectivity index (χ4v) is 4.55. The van der Waals surface area contributed by atoms with Gasteiger partial charge >= 0.3 is 0 Å². The van der Waals surface area contributed by atoms with Crippen LogP contribution in [0.15, 0.2) is 76.6 Å². The lowest BCUT2D eigenvalue weighted by molar-refractivity contribution is 0.307. The summed E-state index contributed by atoms with van der Waals surface area (Å²) in [4.78, 5) is 12.1. The van der Waals surface area contributed by atoms with Crippen molar-refractivity contribution in [1.29, 1.82) is 5.41 Å². The predicted octanol–water partition coefficient (Wildman–Crippen LogP) is 6.28. The second-order valence-corrected chi connectivity index (χ2v) is 9.67. The van der Waals surface area contributed by atoms with Crippen LogP contribution in [0.2, 0.25) is 0 Å². The lowest BCUT2D eigenvalue weighted by Crippen LogP contribution is -2.05. The van der Waals surface area contributed by atoms with E-state index in [1.165, 1.54) is 11.8 Å². The zero-order chi connectivity index (χ0) is 25.8. The smallest absolute Gasteiger partial charge is 0.171 e. The van der Waals surface area contributed by atoms with E-state index in [1.54, 1.807) is 20.2 Å². The van der Waals surface area contributed by atoms with E-state index in [4.69, 9.17) is 19.3 Å². The Kier molecular flexibility index (Phi) is 7.25. The molecule has 3 N–H and O–H groups in total. The third-order valence-electron chi connectivity index (χ3n) is 5.73. The molecule has 0 saturated carbocycles. The van der Waals surface area contributed by atoms with Gasteiger partial charge in [0.15, 0.2) is 10.9 Å². The fourth-order valence-electron chi connectivity index (χ4n) is 3.99. The summed E-state index contributed by atoms with van der Waals surface area (Å²) < 4.78 is 17.8. The molecule has 0 atom stereocenters. The Morgan fingerprint density at radius 3 is 2.73 bits per heavy atom. The Labute approximate surface area is 219 Å². The highest BCUT2D eigenvalue weighted by atomic mass is 32.2. The Bertz CT molecular complexity index is 1540. The lowest BCUT2D eigenvalue weighted by atomic mass is 10.1. The van der Waals surface area contributed by atoms with Gasteiger partial charge in [0.1, 0.15) is 29.4 Å². The summed E-state index contributed by atoms with van der Waals surface area (Å²) in [5.74, 6) is 2.09. The van der Waals surface area contributed by atoms with Crippen LogP contribution in [-0.4, -0.2) is 34.2 Å². The maximum atomic E-state index is 7.66. The highest BCUT2D eigenvalue weighted by molar-refractivity contribution is 8.13. The minimum atomic E-state index is 0.335. The largest absolute Gasteiger partial charge is 0.497 e. The number of ether oxygens (including phenoxy) is 2. The van der Waals surface area contributed by atoms with Gasteiger partial charge in [-0.05, 0) is 61.6 Å². The zero-order valence-electron chi connectivity index (χ0n) is 20.8. The molecular formula is C28H27N5O3S. The number of nitrogens with zero attached hydrogens (tertiary/aromatic N) is 2. The lowest BCUT2D eigenvalue weighted by Gasteiger charge is -2.10. The van der Waals surface area contributed by atoms with Gasteiger partial charge < -0.3 is 24.2 Å². The molecule has 8 nitrogen and oxygen atoms in total. The summed E-state index contributed by atoms with van der Waals surface area (Å²) in [5.41, 5.74) is 5.39. The summed E-state index contributed by atoms with van der Waals surface area (Å²) in [5, 5.41) is 12.8. The van der Waals surface area contributed by atoms with Gasteiger partial charge in [0.25, 0.3) is 0 Å². The van der Waals surface area contributed by atoms with Crippen LogP contribution in [0.25, 0.3) is 33.7 Å². The molecule has 188 valence electrons. The summed E-state index contributed by atoms with van der Waals surface area (Å²) in [6.45, 7) is 2.84. The van der Waals surface area contributed by atoms with Crippen LogP contribution in [0.3, 0.4) is 0 Å². The highest BCUT2D eigenvalue weighted by Crippen LogP contribution is 2.34. The van der Waals surface area contributed by atoms with Gasteiger partial charge in [0.05, 0.1) is 24.0 Å². The molecular weight excluding hydrogens is 486 g/mol. The third kappa shape index (κ3) is 5.68. The van der Waals surface area contributed by atoms with Crippen LogP contribution in [0.5, 0.6) is 11.5 Å². The molecule has 3 aromatic heterocycles. The molecule has 5 aromatic rings. The molecule has 37 heavy (non-hydrogen) atoms. The summed E-state index contributed by atoms with van der Waals surface area (Å²) in [7, 11) is 3.55. The average Bonchev–Trinajstić information content (AvgIpc) is 3.54. The van der Waals surface area contributed by atoms with Crippen molar-refractivity contribution in [2.45, 2.75) is 25.2 Å². The number of furan rings is 1. The Balaban J connectivity index is 1.39. The first-order valence-corrected chi connectivity index (χ1v) is 12.6. The number of aromatic nitrogens is 3. The molecule has 0 bridgehead atoms. The van der Waals surface area contributed by atoms with E-state index in [0.717, 1.165) is 45.8 Å². The Hall–Kier alpha value is -4.08. The molecule has 0 unspecified atom stereocenters. The minimum absolute atomic E-state index is 0.335. The molecule has 0 saturated heterocycles. The minimum Gasteiger partial charge on any atom is -0.497 e. The second-order valence-electron chi connectivity index (χ2n) is 8.47. The van der Waals surface area contributed by atoms with Gasteiger partial charge in [-0.15, -0.1) is 0 Å². The molecule has 0 amide bonds. The number of imidazole rings is 1. The molecule has 0 aliphatic heterocycles. The van der Waals surface area contributed by atoms with Gasteiger partial charge in [-0.3, -0.25) is 10.4 Å². The van der Waals surface area contributed by atoms with Gasteiger partial charge in [-0.1, -0.05) is 18.2 Å². The van der Waals surface area contributed by atoms with Crippen LogP contribution in [0.4, 0.5) is 0 Å². The topological polar surface area (TPSA) is 109 Å². The number of pyridine rings is 1. The van der Waals surface area contributed by atoms with Crippen LogP contribution >= 0.6 is 11.8 Å². The van der Waals surface area contributed by atoms with E-state index in [-0.39, 0.29) is 0 Å². The standard InChI is InChI=1S/C28H27N5O3S/c1-17(29)37-28-32-15-25(33-28)27-12-23-20(10-22(34-3)11-26(23)36-27)16-35-21-6-4-5-19(9-21)24-8-7-18(13-30-2)14-31-24/h4-12,14-15,29-30H,13,16H2,1-3H3,(H,32,33). The molecule has 5 rings (SSSR count). The summed E-state index contributed by atoms with van der Waals surface area (Å²) in [6, 6.07) is 17.8. The number of hydrogen-bond acceptors (Lipinski definition) is 8. The molecule has 9 heteroatoms. The van der Waals surface area contributed by atoms with E-state index < -0.39 is 0 Å². The number of thioether (sulfide) groups is 1. The quantitative estimate of drug-likeness (QED) is 0.121. The number of rotatable bonds is 9. The van der Waals surface area contributed by atoms with Gasteiger partial charge in [-0.2, -0.15) is 0 Å². The number of H-pyrrole nitrogens is 1. The van der Waals surface area contributed by atoms with Crippen molar-refractivity contribution in [2.24, 2.45) is 0 Å². The first kappa shape index (κ1) is 24.6. The molecule has 2 aromatic carbocycles. The van der Waals surface area contributed by atoms with Gasteiger partial charge in [0, 0.05) is 35.3 Å². The average molecular weight is 514 g/mol. The van der Waals surface area contributed by atoms with Crippen molar-refractivity contribution >= 4 is 27.8 Å². The zero-order valence-corrected chi connectivity index (χ0v) is 21.6. The summed E-state index contributed by atoms with van der Waals surface area (Å²) >= 11 is 1.27. The molecule has 0 aliphatic carbocycles. The van der Waals surface area contributed by atoms with Crippen LogP contribution in [0, 0.1) is 5.41 Å². The number of methoxy groups -OCH3 is 1. The molecule has 0 fully saturated rings. The van der Waals surface area contributed by atoms with E-state index >= 15 is 0 Å². The normalized spacial score (nSPS) is 11.1. The number of benzene rings is 2. The maximum Gasteiger partial charge on any atom is 0.171 e. The van der Waals surface area contributed by atoms with E-state index in [0.29, 0.717) is 33.9 Å². The summed E-state index contributed by atoms with van der Waals surface area (Å²) in [6.07, 6.45) is 3.59. The van der Waals surface area contributed by atoms with Gasteiger partial charge in [0.2, 0.25) is 0 Å². The number of hydrogen-bond donors (Lipinski definition) is 3. The highest BCUT2D eigenvalue weighted by Gasteiger charge is 2.15. The van der Waals surface area contributed by atoms with Crippen LogP contribution in [0.1, 0.15) is 18.1 Å². The van der Waals surface area contributed by atoms with Crippen molar-refractivity contribution in [3.8, 4) is 34.2 Å². The fraction of sp³-hybridized carbons (Fsp3) is 0.179. The number of aromatic amines is 1. The van der Waals surface area contributed by atoms with Crippen LogP contribution < -0.4 is 14.8 Å². The van der Waals surface area contributed by atoms with E-state index in [9.17, 15) is 0 Å². The number of fused-ring (bicyclic) bond motifs is 1. The van der Waals surface area contributed by atoms with Gasteiger partial charge in [-0.25, -0.2) is 4.98 Å². The number of nitrogens with one attached hydrogen (secondary N) is 3. The Morgan fingerprint density at radius 1 is 1.08 bits per heavy atom. The SMILES string of the molecule is CNCc1ccc(-c2cccc(OCc3cc(OC)cc4oc(-c5cnc(SC(C)=N)[nH]5)cc34)c2)nc1. The Morgan fingerprint density at radius 2 is 1.97 bits per heavy atom. The molecule has 3 heterocycles. The maximum absolute atomic E-state index is 7.66. The third-order valence-corrected chi connectivity index (χ3v) is 6.44. The van der Waals surface area contributed by atoms with Crippen molar-refractivity contribution < 1.29 is 13.9 Å². The van der Waals surface area contributed by atoms with Crippen LogP contribution in [-0.2, 0) is 13.2 Å². The van der Waals surface area contributed by atoms with Crippen molar-refractivity contribution in [2.75, 3.05) is 14.2 Å². The molecule has 0 radical (unpaired) electrons. The first-order chi connectivity index (χ1) is 18.0. The predicted molar refractivity (Wildman–Crippen MR) is 146 cm³/mol. The molecule has 0 aliphatic rings. The van der Waals surface area contributed by atoms with Crippen molar-refractivity contribution in [3.05, 3.63) is 78.1 Å².